The lowest BCUT2D eigenvalue weighted by Gasteiger charge is -2.19. The summed E-state index contributed by atoms with van der Waals surface area (Å²) >= 11 is 0. The van der Waals surface area contributed by atoms with E-state index in [9.17, 15) is 22.8 Å². The summed E-state index contributed by atoms with van der Waals surface area (Å²) in [7, 11) is 0. The van der Waals surface area contributed by atoms with Gasteiger partial charge in [0.05, 0.1) is 16.2 Å². The number of carbonyl (C=O) groups is 1. The number of aromatic carboxylic acids is 1. The van der Waals surface area contributed by atoms with Crippen molar-refractivity contribution in [1.82, 2.24) is 4.98 Å². The van der Waals surface area contributed by atoms with Crippen LogP contribution in [0.1, 0.15) is 28.8 Å². The van der Waals surface area contributed by atoms with E-state index in [2.05, 4.69) is 4.98 Å². The number of nitrogens with zero attached hydrogens (tertiary/aromatic N) is 1. The molecule has 4 rings (SSSR count). The first kappa shape index (κ1) is 16.4. The van der Waals surface area contributed by atoms with E-state index < -0.39 is 23.0 Å². The highest BCUT2D eigenvalue weighted by atomic mass is 19.4. The van der Waals surface area contributed by atoms with Gasteiger partial charge in [0.2, 0.25) is 11.1 Å². The van der Waals surface area contributed by atoms with Gasteiger partial charge in [-0.2, -0.15) is 18.2 Å². The molecule has 0 saturated heterocycles. The van der Waals surface area contributed by atoms with Crippen LogP contribution < -0.4 is 11.2 Å². The van der Waals surface area contributed by atoms with Crippen molar-refractivity contribution in [2.75, 3.05) is 5.73 Å². The number of carboxylic acids is 1. The maximum absolute atomic E-state index is 13.3. The van der Waals surface area contributed by atoms with Crippen LogP contribution in [0.2, 0.25) is 0 Å². The Labute approximate surface area is 143 Å². The van der Waals surface area contributed by atoms with Gasteiger partial charge in [-0.15, -0.1) is 0 Å². The Morgan fingerprint density at radius 3 is 2.50 bits per heavy atom. The first-order chi connectivity index (χ1) is 12.1. The molecule has 0 atom stereocenters. The van der Waals surface area contributed by atoms with E-state index in [1.807, 2.05) is 0 Å². The van der Waals surface area contributed by atoms with Crippen LogP contribution in [0, 0.1) is 0 Å². The summed E-state index contributed by atoms with van der Waals surface area (Å²) in [5.74, 6) is -1.70. The van der Waals surface area contributed by atoms with Gasteiger partial charge in [-0.05, 0) is 36.6 Å². The summed E-state index contributed by atoms with van der Waals surface area (Å²) in [6.45, 7) is 0. The minimum absolute atomic E-state index is 0.00832. The van der Waals surface area contributed by atoms with Gasteiger partial charge in [0.1, 0.15) is 17.0 Å². The molecule has 2 heterocycles. The molecule has 1 fully saturated rings. The van der Waals surface area contributed by atoms with Crippen molar-refractivity contribution in [3.05, 3.63) is 45.6 Å². The largest absolute Gasteiger partial charge is 0.478 e. The third kappa shape index (κ3) is 2.16. The number of carboxylic acid groups (broad SMARTS) is 1. The summed E-state index contributed by atoms with van der Waals surface area (Å²) in [4.78, 5) is 27.7. The summed E-state index contributed by atoms with van der Waals surface area (Å²) in [5, 5.41) is 8.88. The van der Waals surface area contributed by atoms with Crippen molar-refractivity contribution in [2.24, 2.45) is 0 Å². The predicted octanol–water partition coefficient (Wildman–Crippen LogP) is 3.22. The van der Waals surface area contributed by atoms with E-state index >= 15 is 0 Å². The van der Waals surface area contributed by atoms with E-state index in [1.165, 1.54) is 12.1 Å². The van der Waals surface area contributed by atoms with Gasteiger partial charge in [-0.3, -0.25) is 4.79 Å². The second-order valence-corrected chi connectivity index (χ2v) is 6.30. The van der Waals surface area contributed by atoms with Crippen LogP contribution in [0.25, 0.3) is 22.1 Å². The molecule has 1 saturated carbocycles. The summed E-state index contributed by atoms with van der Waals surface area (Å²) in [6, 6.07) is 4.76. The minimum atomic E-state index is -4.41. The second kappa shape index (κ2) is 4.96. The SMILES string of the molecule is Nc1nc2oc3ccc(C4(C(F)(F)F)CC4)cc3c(=O)c2cc1C(=O)O. The fourth-order valence-electron chi connectivity index (χ4n) is 3.13. The minimum Gasteiger partial charge on any atom is -0.478 e. The van der Waals surface area contributed by atoms with Gasteiger partial charge in [-0.1, -0.05) is 6.07 Å². The summed E-state index contributed by atoms with van der Waals surface area (Å²) in [5.41, 5.74) is 2.44. The molecule has 0 radical (unpaired) electrons. The molecule has 0 spiro atoms. The topological polar surface area (TPSA) is 106 Å². The van der Waals surface area contributed by atoms with Crippen molar-refractivity contribution >= 4 is 33.9 Å². The average molecular weight is 364 g/mol. The van der Waals surface area contributed by atoms with Gasteiger partial charge in [0.15, 0.2) is 0 Å². The molecule has 26 heavy (non-hydrogen) atoms. The molecule has 3 aromatic rings. The average Bonchev–Trinajstić information content (AvgIpc) is 3.35. The Morgan fingerprint density at radius 2 is 1.92 bits per heavy atom. The zero-order valence-electron chi connectivity index (χ0n) is 13.1. The van der Waals surface area contributed by atoms with Gasteiger partial charge in [0.25, 0.3) is 0 Å². The molecule has 0 amide bonds. The third-order valence-corrected chi connectivity index (χ3v) is 4.77. The van der Waals surface area contributed by atoms with Crippen LogP contribution in [0.15, 0.2) is 33.5 Å². The molecule has 3 N–H and O–H groups in total. The molecular weight excluding hydrogens is 353 g/mol. The number of halogens is 3. The number of rotatable bonds is 2. The van der Waals surface area contributed by atoms with Gasteiger partial charge in [0, 0.05) is 0 Å². The van der Waals surface area contributed by atoms with Crippen LogP contribution in [0.3, 0.4) is 0 Å². The standard InChI is InChI=1S/C17H11F3N2O4/c18-17(19,20)16(3-4-16)7-1-2-11-8(5-7)12(23)9-6-10(15(24)25)13(21)22-14(9)26-11/h1-2,5-6H,3-4H2,(H2,21,22)(H,24,25). The lowest BCUT2D eigenvalue weighted by Crippen LogP contribution is -2.28. The smallest absolute Gasteiger partial charge is 0.398 e. The molecule has 0 bridgehead atoms. The van der Waals surface area contributed by atoms with E-state index in [0.29, 0.717) is 0 Å². The predicted molar refractivity (Wildman–Crippen MR) is 86.1 cm³/mol. The quantitative estimate of drug-likeness (QED) is 0.676. The van der Waals surface area contributed by atoms with Gasteiger partial charge < -0.3 is 15.3 Å². The van der Waals surface area contributed by atoms with E-state index in [4.69, 9.17) is 15.3 Å². The highest BCUT2D eigenvalue weighted by Crippen LogP contribution is 2.59. The van der Waals surface area contributed by atoms with E-state index in [-0.39, 0.29) is 51.9 Å². The van der Waals surface area contributed by atoms with Crippen molar-refractivity contribution in [2.45, 2.75) is 24.4 Å². The fourth-order valence-corrected chi connectivity index (χ4v) is 3.13. The Hall–Kier alpha value is -3.10. The number of alkyl halides is 3. The number of aromatic nitrogens is 1. The normalized spacial score (nSPS) is 16.1. The molecular formula is C17H11F3N2O4. The zero-order chi connectivity index (χ0) is 18.9. The Bertz CT molecular complexity index is 1150. The van der Waals surface area contributed by atoms with Crippen molar-refractivity contribution in [1.29, 1.82) is 0 Å². The molecule has 0 aliphatic heterocycles. The number of anilines is 1. The molecule has 2 aromatic heterocycles. The molecule has 134 valence electrons. The molecule has 1 aliphatic carbocycles. The summed E-state index contributed by atoms with van der Waals surface area (Å²) in [6.07, 6.45) is -4.49. The number of benzene rings is 1. The van der Waals surface area contributed by atoms with Crippen LogP contribution >= 0.6 is 0 Å². The third-order valence-electron chi connectivity index (χ3n) is 4.77. The molecule has 0 unspecified atom stereocenters. The number of fused-ring (bicyclic) bond motifs is 2. The monoisotopic (exact) mass is 364 g/mol. The first-order valence-corrected chi connectivity index (χ1v) is 7.62. The zero-order valence-corrected chi connectivity index (χ0v) is 13.1. The lowest BCUT2D eigenvalue weighted by atomic mass is 9.94. The van der Waals surface area contributed by atoms with Crippen LogP contribution in [0.4, 0.5) is 19.0 Å². The van der Waals surface area contributed by atoms with E-state index in [0.717, 1.165) is 12.1 Å². The van der Waals surface area contributed by atoms with Crippen LogP contribution in [-0.4, -0.2) is 22.2 Å². The summed E-state index contributed by atoms with van der Waals surface area (Å²) < 4.78 is 45.4. The second-order valence-electron chi connectivity index (χ2n) is 6.30. The number of hydrogen-bond acceptors (Lipinski definition) is 5. The highest BCUT2D eigenvalue weighted by Gasteiger charge is 2.64. The number of pyridine rings is 1. The lowest BCUT2D eigenvalue weighted by molar-refractivity contribution is -0.160. The van der Waals surface area contributed by atoms with Gasteiger partial charge >= 0.3 is 12.1 Å². The molecule has 6 nitrogen and oxygen atoms in total. The number of nitrogens with two attached hydrogens (primary N) is 1. The maximum Gasteiger partial charge on any atom is 0.398 e. The molecule has 9 heteroatoms. The van der Waals surface area contributed by atoms with Crippen molar-refractivity contribution < 1.29 is 27.5 Å². The Balaban J connectivity index is 2.00. The fraction of sp³-hybridized carbons (Fsp3) is 0.235. The first-order valence-electron chi connectivity index (χ1n) is 7.62. The van der Waals surface area contributed by atoms with E-state index in [1.54, 1.807) is 0 Å². The van der Waals surface area contributed by atoms with Crippen molar-refractivity contribution in [3.63, 3.8) is 0 Å². The Kier molecular flexibility index (Phi) is 3.13. The molecule has 1 aliphatic rings. The Morgan fingerprint density at radius 1 is 1.23 bits per heavy atom. The number of hydrogen-bond donors (Lipinski definition) is 2. The van der Waals surface area contributed by atoms with Crippen LogP contribution in [0.5, 0.6) is 0 Å². The number of nitrogen functional groups attached to an aromatic ring is 1. The van der Waals surface area contributed by atoms with Crippen molar-refractivity contribution in [3.8, 4) is 0 Å². The maximum atomic E-state index is 13.3. The highest BCUT2D eigenvalue weighted by molar-refractivity contribution is 5.98. The van der Waals surface area contributed by atoms with Crippen LogP contribution in [-0.2, 0) is 5.41 Å². The molecule has 1 aromatic carbocycles. The van der Waals surface area contributed by atoms with Gasteiger partial charge in [-0.25, -0.2) is 4.79 Å².